The average Bonchev–Trinajstić information content (AvgIpc) is 3.23. The summed E-state index contributed by atoms with van der Waals surface area (Å²) in [5, 5.41) is 29.5. The number of aromatic nitrogens is 4. The molecule has 142 valence electrons. The molecule has 3 aromatic rings. The molecule has 0 saturated carbocycles. The Bertz CT molecular complexity index is 938. The fraction of sp³-hybridized carbons (Fsp3) is 0.353. The van der Waals surface area contributed by atoms with Crippen LogP contribution in [0.1, 0.15) is 11.9 Å². The molecule has 1 saturated heterocycles. The molecule has 3 N–H and O–H groups in total. The van der Waals surface area contributed by atoms with Crippen LogP contribution >= 0.6 is 34.4 Å². The Morgan fingerprint density at radius 3 is 2.59 bits per heavy atom. The number of hydrogen-bond acceptors (Lipinski definition) is 8. The molecule has 4 rings (SSSR count). The maximum atomic E-state index is 10.3. The lowest BCUT2D eigenvalue weighted by atomic mass is 10.1. The van der Waals surface area contributed by atoms with Gasteiger partial charge in [-0.05, 0) is 46.9 Å². The van der Waals surface area contributed by atoms with E-state index in [1.807, 2.05) is 0 Å². The van der Waals surface area contributed by atoms with Gasteiger partial charge in [0, 0.05) is 14.2 Å². The van der Waals surface area contributed by atoms with Crippen molar-refractivity contribution in [2.24, 2.45) is 0 Å². The molecule has 4 atom stereocenters. The smallest absolute Gasteiger partial charge is 0.165 e. The molecule has 1 aromatic carbocycles. The van der Waals surface area contributed by atoms with Crippen LogP contribution in [0.4, 0.5) is 0 Å². The van der Waals surface area contributed by atoms with Crippen LogP contribution in [0.2, 0.25) is 0 Å². The van der Waals surface area contributed by atoms with Gasteiger partial charge in [-0.1, -0.05) is 0 Å². The number of hydrogen-bond donors (Lipinski definition) is 3. The highest BCUT2D eigenvalue weighted by atomic mass is 127. The van der Waals surface area contributed by atoms with Crippen molar-refractivity contribution in [3.8, 4) is 0 Å². The van der Waals surface area contributed by atoms with E-state index in [0.29, 0.717) is 16.9 Å². The van der Waals surface area contributed by atoms with E-state index in [1.54, 1.807) is 16.3 Å². The number of aliphatic hydroxyl groups excluding tert-OH is 3. The van der Waals surface area contributed by atoms with Crippen molar-refractivity contribution in [3.63, 3.8) is 0 Å². The highest BCUT2D eigenvalue weighted by Gasteiger charge is 2.44. The number of rotatable bonds is 5. The van der Waals surface area contributed by atoms with Gasteiger partial charge in [-0.25, -0.2) is 15.0 Å². The summed E-state index contributed by atoms with van der Waals surface area (Å²) in [6, 6.07) is 8.22. The van der Waals surface area contributed by atoms with Crippen molar-refractivity contribution in [2.45, 2.75) is 35.2 Å². The number of imidazole rings is 1. The van der Waals surface area contributed by atoms with E-state index in [4.69, 9.17) is 4.74 Å². The van der Waals surface area contributed by atoms with Crippen LogP contribution in [0.5, 0.6) is 0 Å². The molecular formula is C17H17IN4O4S. The molecule has 1 fully saturated rings. The number of benzene rings is 1. The third kappa shape index (κ3) is 3.69. The van der Waals surface area contributed by atoms with Crippen LogP contribution in [0.15, 0.2) is 41.8 Å². The zero-order valence-electron chi connectivity index (χ0n) is 14.0. The maximum Gasteiger partial charge on any atom is 0.165 e. The summed E-state index contributed by atoms with van der Waals surface area (Å²) >= 11 is 3.91. The van der Waals surface area contributed by atoms with Crippen LogP contribution in [-0.2, 0) is 10.5 Å². The van der Waals surface area contributed by atoms with Crippen LogP contribution in [0.3, 0.4) is 0 Å². The molecule has 8 nitrogen and oxygen atoms in total. The molecule has 10 heteroatoms. The van der Waals surface area contributed by atoms with E-state index in [0.717, 1.165) is 10.6 Å². The summed E-state index contributed by atoms with van der Waals surface area (Å²) in [4.78, 5) is 14.1. The minimum Gasteiger partial charge on any atom is -0.394 e. The van der Waals surface area contributed by atoms with E-state index in [2.05, 4.69) is 61.8 Å². The standard InChI is InChI=1S/C17H17IN4O4S/c18-9-1-3-10(4-2-9)27-6-11-13-16(20-7-19-11)22(8-21-13)17-15(25)14(24)12(5-23)26-17/h1-4,7-8,12,14-15,17,23-25H,5-6H2/t12-,14-,15-,17-/m1/s1. The number of aliphatic hydroxyl groups is 3. The number of ether oxygens (including phenoxy) is 1. The van der Waals surface area contributed by atoms with Crippen molar-refractivity contribution >= 4 is 45.5 Å². The molecule has 1 aliphatic heterocycles. The predicted molar refractivity (Wildman–Crippen MR) is 107 cm³/mol. The van der Waals surface area contributed by atoms with E-state index in [1.165, 1.54) is 16.2 Å². The lowest BCUT2D eigenvalue weighted by molar-refractivity contribution is -0.0511. The molecule has 0 aliphatic carbocycles. The zero-order chi connectivity index (χ0) is 19.0. The second-order valence-corrected chi connectivity index (χ2v) is 8.41. The molecule has 0 bridgehead atoms. The highest BCUT2D eigenvalue weighted by molar-refractivity contribution is 14.1. The Labute approximate surface area is 172 Å². The van der Waals surface area contributed by atoms with Gasteiger partial charge in [0.05, 0.1) is 18.6 Å². The van der Waals surface area contributed by atoms with Gasteiger partial charge < -0.3 is 20.1 Å². The van der Waals surface area contributed by atoms with Crippen LogP contribution in [0, 0.1) is 3.57 Å². The van der Waals surface area contributed by atoms with E-state index >= 15 is 0 Å². The summed E-state index contributed by atoms with van der Waals surface area (Å²) in [5.74, 6) is 0.618. The quantitative estimate of drug-likeness (QED) is 0.356. The van der Waals surface area contributed by atoms with Crippen molar-refractivity contribution in [1.29, 1.82) is 0 Å². The van der Waals surface area contributed by atoms with Gasteiger partial charge in [0.1, 0.15) is 30.2 Å². The lowest BCUT2D eigenvalue weighted by Crippen LogP contribution is -2.33. The Morgan fingerprint density at radius 1 is 1.11 bits per heavy atom. The third-order valence-electron chi connectivity index (χ3n) is 4.42. The monoisotopic (exact) mass is 500 g/mol. The van der Waals surface area contributed by atoms with Crippen LogP contribution < -0.4 is 0 Å². The minimum atomic E-state index is -1.18. The van der Waals surface area contributed by atoms with Gasteiger partial charge in [0.15, 0.2) is 11.9 Å². The number of nitrogens with zero attached hydrogens (tertiary/aromatic N) is 4. The summed E-state index contributed by atoms with van der Waals surface area (Å²) in [5.41, 5.74) is 1.90. The second-order valence-electron chi connectivity index (χ2n) is 6.12. The van der Waals surface area contributed by atoms with Crippen LogP contribution in [0.25, 0.3) is 11.2 Å². The second kappa shape index (κ2) is 7.97. The largest absolute Gasteiger partial charge is 0.394 e. The molecule has 2 aromatic heterocycles. The fourth-order valence-electron chi connectivity index (χ4n) is 2.98. The van der Waals surface area contributed by atoms with Crippen molar-refractivity contribution in [1.82, 2.24) is 19.5 Å². The first-order valence-corrected chi connectivity index (χ1v) is 10.3. The van der Waals surface area contributed by atoms with Gasteiger partial charge in [-0.15, -0.1) is 11.8 Å². The van der Waals surface area contributed by atoms with E-state index in [9.17, 15) is 15.3 Å². The fourth-order valence-corrected chi connectivity index (χ4v) is 4.19. The van der Waals surface area contributed by atoms with Gasteiger partial charge in [-0.3, -0.25) is 4.57 Å². The summed E-state index contributed by atoms with van der Waals surface area (Å²) in [7, 11) is 0. The van der Waals surface area contributed by atoms with Gasteiger partial charge >= 0.3 is 0 Å². The third-order valence-corrected chi connectivity index (χ3v) is 6.16. The maximum absolute atomic E-state index is 10.3. The van der Waals surface area contributed by atoms with Crippen molar-refractivity contribution in [2.75, 3.05) is 6.61 Å². The highest BCUT2D eigenvalue weighted by Crippen LogP contribution is 2.32. The average molecular weight is 500 g/mol. The molecule has 1 aliphatic rings. The van der Waals surface area contributed by atoms with Gasteiger partial charge in [0.25, 0.3) is 0 Å². The molecule has 0 amide bonds. The SMILES string of the molecule is OC[C@H]1O[C@@H](n2cnc3c(CSc4ccc(I)cc4)ncnc32)[C@H](O)[C@@H]1O. The van der Waals surface area contributed by atoms with Crippen molar-refractivity contribution in [3.05, 3.63) is 46.2 Å². The Kier molecular flexibility index (Phi) is 5.62. The molecule has 0 unspecified atom stereocenters. The first kappa shape index (κ1) is 19.0. The first-order chi connectivity index (χ1) is 13.1. The van der Waals surface area contributed by atoms with Gasteiger partial charge in [0.2, 0.25) is 0 Å². The number of thioether (sulfide) groups is 1. The summed E-state index contributed by atoms with van der Waals surface area (Å²) in [6.45, 7) is -0.381. The van der Waals surface area contributed by atoms with E-state index < -0.39 is 24.5 Å². The predicted octanol–water partition coefficient (Wildman–Crippen LogP) is 1.33. The van der Waals surface area contributed by atoms with Gasteiger partial charge in [-0.2, -0.15) is 0 Å². The van der Waals surface area contributed by atoms with Crippen LogP contribution in [-0.4, -0.2) is 59.8 Å². The molecule has 0 spiro atoms. The Hall–Kier alpha value is -1.31. The Morgan fingerprint density at radius 2 is 1.89 bits per heavy atom. The molecule has 3 heterocycles. The zero-order valence-corrected chi connectivity index (χ0v) is 17.0. The minimum absolute atomic E-state index is 0.381. The number of fused-ring (bicyclic) bond motifs is 1. The number of halogens is 1. The summed E-state index contributed by atoms with van der Waals surface area (Å²) in [6.07, 6.45) is -1.10. The lowest BCUT2D eigenvalue weighted by Gasteiger charge is -2.16. The first-order valence-electron chi connectivity index (χ1n) is 8.25. The summed E-state index contributed by atoms with van der Waals surface area (Å²) < 4.78 is 8.32. The molecule has 0 radical (unpaired) electrons. The van der Waals surface area contributed by atoms with Crippen molar-refractivity contribution < 1.29 is 20.1 Å². The normalized spacial score (nSPS) is 25.3. The Balaban J connectivity index is 1.59. The molecule has 27 heavy (non-hydrogen) atoms. The molecular weight excluding hydrogens is 483 g/mol. The topological polar surface area (TPSA) is 114 Å². The van der Waals surface area contributed by atoms with E-state index in [-0.39, 0.29) is 6.61 Å².